The second kappa shape index (κ2) is 6.50. The quantitative estimate of drug-likeness (QED) is 0.861. The summed E-state index contributed by atoms with van der Waals surface area (Å²) >= 11 is 0. The van der Waals surface area contributed by atoms with E-state index in [4.69, 9.17) is 5.26 Å². The van der Waals surface area contributed by atoms with Crippen molar-refractivity contribution in [3.63, 3.8) is 0 Å². The van der Waals surface area contributed by atoms with Gasteiger partial charge in [-0.15, -0.1) is 0 Å². The molecule has 1 aromatic carbocycles. The average Bonchev–Trinajstić information content (AvgIpc) is 3.22. The number of likely N-dealkylation sites (tertiary alicyclic amines) is 2. The fourth-order valence-corrected chi connectivity index (χ4v) is 4.01. The van der Waals surface area contributed by atoms with Crippen molar-refractivity contribution in [1.29, 1.82) is 5.26 Å². The number of likely N-dealkylation sites (N-methyl/N-ethyl adjacent to an activating group) is 1. The van der Waals surface area contributed by atoms with Gasteiger partial charge in [0.05, 0.1) is 11.6 Å². The Morgan fingerprint density at radius 2 is 2.05 bits per heavy atom. The third kappa shape index (κ3) is 2.74. The largest absolute Gasteiger partial charge is 0.334 e. The summed E-state index contributed by atoms with van der Waals surface area (Å²) in [5.41, 5.74) is 1.20. The predicted molar refractivity (Wildman–Crippen MR) is 85.5 cm³/mol. The van der Waals surface area contributed by atoms with Gasteiger partial charge in [-0.25, -0.2) is 0 Å². The molecule has 3 rings (SSSR count). The second-order valence-electron chi connectivity index (χ2n) is 6.24. The monoisotopic (exact) mass is 297 g/mol. The summed E-state index contributed by atoms with van der Waals surface area (Å²) < 4.78 is 0. The summed E-state index contributed by atoms with van der Waals surface area (Å²) in [5.74, 6) is 0.0857. The lowest BCUT2D eigenvalue weighted by Crippen LogP contribution is -2.48. The van der Waals surface area contributed by atoms with Gasteiger partial charge in [0.1, 0.15) is 0 Å². The van der Waals surface area contributed by atoms with Crippen molar-refractivity contribution in [2.45, 2.75) is 44.7 Å². The maximum absolute atomic E-state index is 12.9. The molecule has 2 saturated heterocycles. The van der Waals surface area contributed by atoms with E-state index in [0.29, 0.717) is 23.2 Å². The third-order valence-corrected chi connectivity index (χ3v) is 5.06. The van der Waals surface area contributed by atoms with E-state index in [0.717, 1.165) is 32.5 Å². The fraction of sp³-hybridized carbons (Fsp3) is 0.556. The van der Waals surface area contributed by atoms with Crippen LogP contribution in [0.1, 0.15) is 48.5 Å². The average molecular weight is 297 g/mol. The Hall–Kier alpha value is -1.86. The number of rotatable bonds is 3. The summed E-state index contributed by atoms with van der Waals surface area (Å²) in [7, 11) is 0. The molecule has 0 aliphatic carbocycles. The minimum atomic E-state index is 0.0857. The Bertz CT molecular complexity index is 592. The summed E-state index contributed by atoms with van der Waals surface area (Å²) in [6.45, 7) is 5.26. The number of benzene rings is 1. The zero-order chi connectivity index (χ0) is 15.5. The number of carbonyl (C=O) groups is 1. The first kappa shape index (κ1) is 15.1. The normalized spacial score (nSPS) is 25.4. The van der Waals surface area contributed by atoms with Crippen LogP contribution in [0.4, 0.5) is 0 Å². The van der Waals surface area contributed by atoms with Gasteiger partial charge in [0.15, 0.2) is 0 Å². The van der Waals surface area contributed by atoms with Crippen LogP contribution in [0.15, 0.2) is 24.3 Å². The number of nitriles is 1. The van der Waals surface area contributed by atoms with Gasteiger partial charge in [0.2, 0.25) is 0 Å². The fourth-order valence-electron chi connectivity index (χ4n) is 4.01. The van der Waals surface area contributed by atoms with E-state index in [9.17, 15) is 4.79 Å². The van der Waals surface area contributed by atoms with Crippen LogP contribution in [0.5, 0.6) is 0 Å². The van der Waals surface area contributed by atoms with Crippen molar-refractivity contribution in [3.05, 3.63) is 35.4 Å². The first-order valence-corrected chi connectivity index (χ1v) is 8.29. The predicted octanol–water partition coefficient (Wildman–Crippen LogP) is 2.65. The number of hydrogen-bond acceptors (Lipinski definition) is 3. The lowest BCUT2D eigenvalue weighted by atomic mass is 10.0. The zero-order valence-electron chi connectivity index (χ0n) is 13.2. The molecule has 2 atom stereocenters. The van der Waals surface area contributed by atoms with Crippen LogP contribution in [-0.2, 0) is 0 Å². The molecular formula is C18H23N3O. The maximum Gasteiger partial charge on any atom is 0.254 e. The Morgan fingerprint density at radius 3 is 2.82 bits per heavy atom. The van der Waals surface area contributed by atoms with Crippen LogP contribution in [0.2, 0.25) is 0 Å². The SMILES string of the molecule is CCN1CCC[C@H]1[C@H]1CCCN1C(=O)c1cccc(C#N)c1. The summed E-state index contributed by atoms with van der Waals surface area (Å²) in [6, 6.07) is 10.0. The molecule has 2 aliphatic rings. The van der Waals surface area contributed by atoms with E-state index < -0.39 is 0 Å². The van der Waals surface area contributed by atoms with Gasteiger partial charge in [-0.3, -0.25) is 9.69 Å². The van der Waals surface area contributed by atoms with Crippen molar-refractivity contribution < 1.29 is 4.79 Å². The molecule has 22 heavy (non-hydrogen) atoms. The summed E-state index contributed by atoms with van der Waals surface area (Å²) in [4.78, 5) is 17.4. The van der Waals surface area contributed by atoms with Crippen LogP contribution in [0, 0.1) is 11.3 Å². The van der Waals surface area contributed by atoms with Gasteiger partial charge in [-0.05, 0) is 57.0 Å². The summed E-state index contributed by atoms with van der Waals surface area (Å²) in [6.07, 6.45) is 4.62. The van der Waals surface area contributed by atoms with E-state index in [1.165, 1.54) is 12.8 Å². The number of amides is 1. The Morgan fingerprint density at radius 1 is 1.27 bits per heavy atom. The maximum atomic E-state index is 12.9. The lowest BCUT2D eigenvalue weighted by molar-refractivity contribution is 0.0650. The van der Waals surface area contributed by atoms with Crippen molar-refractivity contribution in [2.75, 3.05) is 19.6 Å². The molecule has 2 aliphatic heterocycles. The topological polar surface area (TPSA) is 47.3 Å². The molecule has 4 heteroatoms. The Balaban J connectivity index is 1.80. The van der Waals surface area contributed by atoms with Crippen LogP contribution in [-0.4, -0.2) is 47.4 Å². The Kier molecular flexibility index (Phi) is 4.44. The highest BCUT2D eigenvalue weighted by Gasteiger charge is 2.39. The molecule has 0 radical (unpaired) electrons. The molecule has 2 fully saturated rings. The zero-order valence-corrected chi connectivity index (χ0v) is 13.2. The summed E-state index contributed by atoms with van der Waals surface area (Å²) in [5, 5.41) is 9.02. The molecule has 0 saturated carbocycles. The van der Waals surface area contributed by atoms with E-state index in [1.54, 1.807) is 18.2 Å². The van der Waals surface area contributed by atoms with Gasteiger partial charge in [0, 0.05) is 24.2 Å². The van der Waals surface area contributed by atoms with Gasteiger partial charge in [-0.1, -0.05) is 13.0 Å². The number of carbonyl (C=O) groups excluding carboxylic acids is 1. The van der Waals surface area contributed by atoms with Gasteiger partial charge in [0.25, 0.3) is 5.91 Å². The molecule has 116 valence electrons. The minimum absolute atomic E-state index is 0.0857. The number of hydrogen-bond donors (Lipinski definition) is 0. The van der Waals surface area contributed by atoms with Crippen molar-refractivity contribution >= 4 is 5.91 Å². The van der Waals surface area contributed by atoms with E-state index in [-0.39, 0.29) is 5.91 Å². The minimum Gasteiger partial charge on any atom is -0.334 e. The standard InChI is InChI=1S/C18H23N3O/c1-2-20-10-4-8-16(20)17-9-5-11-21(17)18(22)15-7-3-6-14(12-15)13-19/h3,6-7,12,16-17H,2,4-5,8-11H2,1H3/t16-,17+/m0/s1. The third-order valence-electron chi connectivity index (χ3n) is 5.06. The van der Waals surface area contributed by atoms with Crippen LogP contribution >= 0.6 is 0 Å². The van der Waals surface area contributed by atoms with Crippen molar-refractivity contribution in [3.8, 4) is 6.07 Å². The second-order valence-corrected chi connectivity index (χ2v) is 6.24. The molecule has 0 spiro atoms. The van der Waals surface area contributed by atoms with Gasteiger partial charge in [-0.2, -0.15) is 5.26 Å². The lowest BCUT2D eigenvalue weighted by Gasteiger charge is -2.34. The van der Waals surface area contributed by atoms with Crippen LogP contribution < -0.4 is 0 Å². The first-order chi connectivity index (χ1) is 10.7. The smallest absolute Gasteiger partial charge is 0.254 e. The molecule has 0 unspecified atom stereocenters. The van der Waals surface area contributed by atoms with E-state index in [1.807, 2.05) is 6.07 Å². The highest BCUT2D eigenvalue weighted by molar-refractivity contribution is 5.95. The van der Waals surface area contributed by atoms with Gasteiger partial charge >= 0.3 is 0 Å². The highest BCUT2D eigenvalue weighted by atomic mass is 16.2. The van der Waals surface area contributed by atoms with Crippen LogP contribution in [0.3, 0.4) is 0 Å². The van der Waals surface area contributed by atoms with Crippen molar-refractivity contribution in [2.24, 2.45) is 0 Å². The molecule has 1 amide bonds. The number of nitrogens with zero attached hydrogens (tertiary/aromatic N) is 3. The Labute approximate surface area is 132 Å². The molecule has 1 aromatic rings. The molecular weight excluding hydrogens is 274 g/mol. The van der Waals surface area contributed by atoms with E-state index in [2.05, 4.69) is 22.8 Å². The highest BCUT2D eigenvalue weighted by Crippen LogP contribution is 2.30. The van der Waals surface area contributed by atoms with Crippen LogP contribution in [0.25, 0.3) is 0 Å². The molecule has 2 heterocycles. The molecule has 4 nitrogen and oxygen atoms in total. The van der Waals surface area contributed by atoms with Gasteiger partial charge < -0.3 is 4.90 Å². The first-order valence-electron chi connectivity index (χ1n) is 8.29. The molecule has 0 N–H and O–H groups in total. The molecule has 0 bridgehead atoms. The van der Waals surface area contributed by atoms with Crippen molar-refractivity contribution in [1.82, 2.24) is 9.80 Å². The van der Waals surface area contributed by atoms with E-state index >= 15 is 0 Å². The molecule has 0 aromatic heterocycles.